The van der Waals surface area contributed by atoms with Gasteiger partial charge in [0.1, 0.15) is 5.82 Å². The van der Waals surface area contributed by atoms with Crippen LogP contribution < -0.4 is 5.32 Å². The van der Waals surface area contributed by atoms with Gasteiger partial charge in [0.2, 0.25) is 0 Å². The molecule has 3 aromatic rings. The summed E-state index contributed by atoms with van der Waals surface area (Å²) in [5.74, 6) is 1.32. The van der Waals surface area contributed by atoms with Gasteiger partial charge in [-0.25, -0.2) is 9.78 Å². The molecule has 4 N–H and O–H groups in total. The number of hydrogen-bond donors (Lipinski definition) is 4. The van der Waals surface area contributed by atoms with Crippen molar-refractivity contribution in [2.24, 2.45) is 0 Å². The minimum Gasteiger partial charge on any atom is -0.465 e. The molecule has 0 spiro atoms. The molecule has 1 aliphatic carbocycles. The van der Waals surface area contributed by atoms with E-state index in [0.717, 1.165) is 30.8 Å². The first kappa shape index (κ1) is 25.3. The molecule has 6 nitrogen and oxygen atoms in total. The third-order valence-corrected chi connectivity index (χ3v) is 5.71. The second-order valence-corrected chi connectivity index (χ2v) is 8.20. The number of benzene rings is 2. The first-order valence-electron chi connectivity index (χ1n) is 11.2. The van der Waals surface area contributed by atoms with Crippen LogP contribution in [0.5, 0.6) is 0 Å². The smallest absolute Gasteiger partial charge is 0.416 e. The predicted octanol–water partition coefficient (Wildman–Crippen LogP) is 6.13. The Morgan fingerprint density at radius 2 is 1.79 bits per heavy atom. The molecule has 34 heavy (non-hydrogen) atoms. The van der Waals surface area contributed by atoms with Gasteiger partial charge < -0.3 is 20.5 Å². The summed E-state index contributed by atoms with van der Waals surface area (Å²) in [5, 5.41) is 19.8. The van der Waals surface area contributed by atoms with Gasteiger partial charge in [-0.05, 0) is 30.5 Å². The lowest BCUT2D eigenvalue weighted by molar-refractivity contribution is -0.137. The lowest BCUT2D eigenvalue weighted by Crippen LogP contribution is -2.26. The maximum Gasteiger partial charge on any atom is 0.416 e. The van der Waals surface area contributed by atoms with Gasteiger partial charge in [0.25, 0.3) is 0 Å². The lowest BCUT2D eigenvalue weighted by Gasteiger charge is -2.19. The van der Waals surface area contributed by atoms with Crippen molar-refractivity contribution in [2.75, 3.05) is 6.54 Å². The lowest BCUT2D eigenvalue weighted by atomic mass is 9.89. The van der Waals surface area contributed by atoms with Crippen LogP contribution in [0.1, 0.15) is 61.1 Å². The molecule has 1 amide bonds. The van der Waals surface area contributed by atoms with Gasteiger partial charge in [-0.1, -0.05) is 61.7 Å². The van der Waals surface area contributed by atoms with Crippen LogP contribution in [0.15, 0.2) is 60.8 Å². The SMILES string of the molecule is FC(F)(F)c1cccc(-c2c[nH]c(C3CCCCC3)n2)c1.O=C(O)NCC(O)c1ccccc1. The average molecular weight is 476 g/mol. The molecule has 0 saturated heterocycles. The fraction of sp³-hybridized carbons (Fsp3) is 0.360. The summed E-state index contributed by atoms with van der Waals surface area (Å²) in [5.41, 5.74) is 1.16. The van der Waals surface area contributed by atoms with E-state index >= 15 is 0 Å². The number of rotatable bonds is 5. The number of aromatic amines is 1. The monoisotopic (exact) mass is 475 g/mol. The minimum absolute atomic E-state index is 0.0132. The van der Waals surface area contributed by atoms with Crippen LogP contribution in [-0.2, 0) is 6.18 Å². The molecule has 1 fully saturated rings. The van der Waals surface area contributed by atoms with Crippen molar-refractivity contribution in [3.63, 3.8) is 0 Å². The number of imidazole rings is 1. The molecule has 0 bridgehead atoms. The van der Waals surface area contributed by atoms with Crippen molar-refractivity contribution in [1.82, 2.24) is 15.3 Å². The highest BCUT2D eigenvalue weighted by Gasteiger charge is 2.30. The van der Waals surface area contributed by atoms with Crippen molar-refractivity contribution in [3.05, 3.63) is 77.7 Å². The molecule has 1 heterocycles. The summed E-state index contributed by atoms with van der Waals surface area (Å²) in [6.07, 6.45) is 1.35. The van der Waals surface area contributed by atoms with Crippen LogP contribution >= 0.6 is 0 Å². The molecule has 1 atom stereocenters. The zero-order valence-corrected chi connectivity index (χ0v) is 18.6. The summed E-state index contributed by atoms with van der Waals surface area (Å²) in [7, 11) is 0. The van der Waals surface area contributed by atoms with Crippen molar-refractivity contribution < 1.29 is 28.2 Å². The standard InChI is InChI=1S/C16H17F3N2.C9H11NO3/c17-16(18,19)13-8-4-7-12(9-13)14-10-20-15(21-14)11-5-2-1-3-6-11;11-8(6-10-9(12)13)7-4-2-1-3-5-7/h4,7-11H,1-3,5-6H2,(H,20,21);1-5,8,10-11H,6H2,(H,12,13). The second-order valence-electron chi connectivity index (χ2n) is 8.20. The summed E-state index contributed by atoms with van der Waals surface area (Å²) in [6, 6.07) is 14.2. The number of nitrogens with one attached hydrogen (secondary N) is 2. The molecule has 1 saturated carbocycles. The first-order chi connectivity index (χ1) is 16.2. The van der Waals surface area contributed by atoms with Gasteiger partial charge >= 0.3 is 12.3 Å². The number of nitrogens with zero attached hydrogens (tertiary/aromatic N) is 1. The maximum absolute atomic E-state index is 12.8. The minimum atomic E-state index is -4.32. The highest BCUT2D eigenvalue weighted by molar-refractivity contribution is 5.64. The van der Waals surface area contributed by atoms with Gasteiger partial charge in [-0.3, -0.25) is 0 Å². The molecule has 0 radical (unpaired) electrons. The molecule has 1 aromatic heterocycles. The molecule has 9 heteroatoms. The Balaban J connectivity index is 0.000000215. The van der Waals surface area contributed by atoms with E-state index in [2.05, 4.69) is 15.3 Å². The number of H-pyrrole nitrogens is 1. The number of amides is 1. The number of hydrogen-bond acceptors (Lipinski definition) is 3. The highest BCUT2D eigenvalue weighted by Crippen LogP contribution is 2.34. The van der Waals surface area contributed by atoms with Crippen LogP contribution in [0.3, 0.4) is 0 Å². The van der Waals surface area contributed by atoms with Crippen LogP contribution in [-0.4, -0.2) is 32.8 Å². The van der Waals surface area contributed by atoms with Crippen molar-refractivity contribution >= 4 is 6.09 Å². The summed E-state index contributed by atoms with van der Waals surface area (Å²) in [6.45, 7) is 0.0132. The molecule has 4 rings (SSSR count). The van der Waals surface area contributed by atoms with E-state index < -0.39 is 23.9 Å². The van der Waals surface area contributed by atoms with Gasteiger partial charge in [-0.15, -0.1) is 0 Å². The van der Waals surface area contributed by atoms with Crippen LogP contribution in [0.25, 0.3) is 11.3 Å². The first-order valence-corrected chi connectivity index (χ1v) is 11.2. The summed E-state index contributed by atoms with van der Waals surface area (Å²) >= 11 is 0. The Kier molecular flexibility index (Phi) is 8.70. The van der Waals surface area contributed by atoms with Crippen molar-refractivity contribution in [2.45, 2.75) is 50.3 Å². The van der Waals surface area contributed by atoms with Gasteiger partial charge in [0.15, 0.2) is 0 Å². The largest absolute Gasteiger partial charge is 0.465 e. The van der Waals surface area contributed by atoms with E-state index in [1.807, 2.05) is 6.07 Å². The normalized spacial score (nSPS) is 15.2. The van der Waals surface area contributed by atoms with Gasteiger partial charge in [-0.2, -0.15) is 13.2 Å². The Labute approximate surface area is 195 Å². The second kappa shape index (κ2) is 11.7. The van der Waals surface area contributed by atoms with Crippen LogP contribution in [0.4, 0.5) is 18.0 Å². The van der Waals surface area contributed by atoms with Gasteiger partial charge in [0.05, 0.1) is 23.9 Å². The average Bonchev–Trinajstić information content (AvgIpc) is 3.34. The highest BCUT2D eigenvalue weighted by atomic mass is 19.4. The maximum atomic E-state index is 12.8. The summed E-state index contributed by atoms with van der Waals surface area (Å²) in [4.78, 5) is 17.8. The van der Waals surface area contributed by atoms with Crippen LogP contribution in [0, 0.1) is 0 Å². The third kappa shape index (κ3) is 7.34. The molecular formula is C25H28F3N3O3. The molecular weight excluding hydrogens is 447 g/mol. The van der Waals surface area contributed by atoms with Crippen LogP contribution in [0.2, 0.25) is 0 Å². The fourth-order valence-corrected chi connectivity index (χ4v) is 3.90. The number of aromatic nitrogens is 2. The summed E-state index contributed by atoms with van der Waals surface area (Å²) < 4.78 is 38.3. The Morgan fingerprint density at radius 1 is 1.09 bits per heavy atom. The number of halogens is 3. The van der Waals surface area contributed by atoms with Crippen molar-refractivity contribution in [1.29, 1.82) is 0 Å². The predicted molar refractivity (Wildman–Crippen MR) is 122 cm³/mol. The third-order valence-electron chi connectivity index (χ3n) is 5.71. The van der Waals surface area contributed by atoms with Crippen molar-refractivity contribution in [3.8, 4) is 11.3 Å². The number of carbonyl (C=O) groups is 1. The number of aliphatic hydroxyl groups excluding tert-OH is 1. The van der Waals surface area contributed by atoms with E-state index in [1.165, 1.54) is 25.3 Å². The zero-order valence-electron chi connectivity index (χ0n) is 18.6. The Morgan fingerprint density at radius 3 is 2.44 bits per heavy atom. The van der Waals surface area contributed by atoms with E-state index in [9.17, 15) is 23.1 Å². The Hall–Kier alpha value is -3.33. The fourth-order valence-electron chi connectivity index (χ4n) is 3.90. The molecule has 182 valence electrons. The van der Waals surface area contributed by atoms with E-state index in [4.69, 9.17) is 5.11 Å². The van der Waals surface area contributed by atoms with E-state index in [1.54, 1.807) is 36.5 Å². The zero-order chi connectivity index (χ0) is 24.6. The van der Waals surface area contributed by atoms with E-state index in [-0.39, 0.29) is 6.54 Å². The number of alkyl halides is 3. The van der Waals surface area contributed by atoms with Gasteiger partial charge in [0, 0.05) is 17.7 Å². The molecule has 1 aliphatic rings. The van der Waals surface area contributed by atoms with E-state index in [0.29, 0.717) is 22.7 Å². The molecule has 2 aromatic carbocycles. The number of aliphatic hydroxyl groups is 1. The quantitative estimate of drug-likeness (QED) is 0.357. The Bertz CT molecular complexity index is 1050. The molecule has 0 aliphatic heterocycles. The molecule has 1 unspecified atom stereocenters. The number of carboxylic acid groups (broad SMARTS) is 1. The topological polar surface area (TPSA) is 98.2 Å².